The molecule has 10 heteroatoms. The Morgan fingerprint density at radius 3 is 2.13 bits per heavy atom. The summed E-state index contributed by atoms with van der Waals surface area (Å²) in [6.07, 6.45) is 0.240. The van der Waals surface area contributed by atoms with Gasteiger partial charge in [-0.25, -0.2) is 8.42 Å². The number of anilines is 1. The van der Waals surface area contributed by atoms with Gasteiger partial charge in [0.2, 0.25) is 11.8 Å². The number of hydrogen-bond donors (Lipinski definition) is 1. The molecule has 0 aliphatic carbocycles. The van der Waals surface area contributed by atoms with Crippen LogP contribution in [0.25, 0.3) is 0 Å². The first-order valence-corrected chi connectivity index (χ1v) is 17.0. The fourth-order valence-corrected chi connectivity index (χ4v) is 6.62. The standard InChI is InChI=1S/C36H40ClN3O5S/c1-5-45-32-18-16-31(17-19-32)40(46(43,44)33-20-14-30(37)15-21-33)25-35(41)39(24-29-13-9-10-27(4)22-29)34(36(42)38-26(2)3)23-28-11-7-6-8-12-28/h6-22,26,34H,5,23-25H2,1-4H3,(H,38,42). The first kappa shape index (κ1) is 34.5. The molecule has 1 atom stereocenters. The quantitative estimate of drug-likeness (QED) is 0.169. The van der Waals surface area contributed by atoms with Gasteiger partial charge in [0, 0.05) is 24.0 Å². The van der Waals surface area contributed by atoms with Crippen molar-refractivity contribution in [1.29, 1.82) is 0 Å². The van der Waals surface area contributed by atoms with Crippen molar-refractivity contribution in [1.82, 2.24) is 10.2 Å². The van der Waals surface area contributed by atoms with Crippen molar-refractivity contribution in [3.8, 4) is 5.75 Å². The van der Waals surface area contributed by atoms with Crippen LogP contribution in [-0.2, 0) is 32.6 Å². The molecule has 0 aliphatic rings. The van der Waals surface area contributed by atoms with Gasteiger partial charge in [0.15, 0.2) is 0 Å². The van der Waals surface area contributed by atoms with Crippen molar-refractivity contribution < 1.29 is 22.7 Å². The highest BCUT2D eigenvalue weighted by Gasteiger charge is 2.35. The summed E-state index contributed by atoms with van der Waals surface area (Å²) in [5.74, 6) is -0.295. The maximum absolute atomic E-state index is 14.5. The zero-order valence-corrected chi connectivity index (χ0v) is 28.1. The molecule has 1 unspecified atom stereocenters. The number of nitrogens with zero attached hydrogens (tertiary/aromatic N) is 2. The Labute approximate surface area is 277 Å². The highest BCUT2D eigenvalue weighted by Crippen LogP contribution is 2.28. The van der Waals surface area contributed by atoms with Crippen LogP contribution in [0.1, 0.15) is 37.5 Å². The number of sulfonamides is 1. The molecule has 0 bridgehead atoms. The molecule has 1 N–H and O–H groups in total. The summed E-state index contributed by atoms with van der Waals surface area (Å²) in [6.45, 7) is 7.52. The summed E-state index contributed by atoms with van der Waals surface area (Å²) < 4.78 is 34.9. The lowest BCUT2D eigenvalue weighted by Crippen LogP contribution is -2.54. The lowest BCUT2D eigenvalue weighted by atomic mass is 10.0. The average Bonchev–Trinajstić information content (AvgIpc) is 3.02. The third kappa shape index (κ3) is 9.11. The number of hydrogen-bond acceptors (Lipinski definition) is 5. The predicted octanol–water partition coefficient (Wildman–Crippen LogP) is 6.41. The smallest absolute Gasteiger partial charge is 0.264 e. The fraction of sp³-hybridized carbons (Fsp3) is 0.278. The number of amides is 2. The molecule has 0 radical (unpaired) electrons. The van der Waals surface area contributed by atoms with Gasteiger partial charge < -0.3 is 15.0 Å². The molecule has 4 aromatic carbocycles. The largest absolute Gasteiger partial charge is 0.494 e. The number of carbonyl (C=O) groups is 2. The van der Waals surface area contributed by atoms with E-state index in [9.17, 15) is 18.0 Å². The van der Waals surface area contributed by atoms with Gasteiger partial charge in [-0.15, -0.1) is 0 Å². The number of carbonyl (C=O) groups excluding carboxylic acids is 2. The highest BCUT2D eigenvalue weighted by atomic mass is 35.5. The van der Waals surface area contributed by atoms with Gasteiger partial charge >= 0.3 is 0 Å². The SMILES string of the molecule is CCOc1ccc(N(CC(=O)N(Cc2cccc(C)c2)C(Cc2ccccc2)C(=O)NC(C)C)S(=O)(=O)c2ccc(Cl)cc2)cc1. The molecular formula is C36H40ClN3O5S. The predicted molar refractivity (Wildman–Crippen MR) is 183 cm³/mol. The molecule has 8 nitrogen and oxygen atoms in total. The zero-order valence-electron chi connectivity index (χ0n) is 26.5. The zero-order chi connectivity index (χ0) is 33.3. The van der Waals surface area contributed by atoms with E-state index < -0.39 is 28.5 Å². The van der Waals surface area contributed by atoms with Gasteiger partial charge in [0.1, 0.15) is 18.3 Å². The number of aryl methyl sites for hydroxylation is 1. The molecule has 2 amide bonds. The van der Waals surface area contributed by atoms with E-state index >= 15 is 0 Å². The van der Waals surface area contributed by atoms with Gasteiger partial charge in [-0.2, -0.15) is 0 Å². The van der Waals surface area contributed by atoms with Crippen LogP contribution in [0.15, 0.2) is 108 Å². The molecule has 0 saturated carbocycles. The van der Waals surface area contributed by atoms with Crippen LogP contribution in [0.3, 0.4) is 0 Å². The van der Waals surface area contributed by atoms with Crippen molar-refractivity contribution >= 4 is 39.1 Å². The van der Waals surface area contributed by atoms with Crippen LogP contribution in [0, 0.1) is 6.92 Å². The molecule has 4 aromatic rings. The molecule has 0 aliphatic heterocycles. The monoisotopic (exact) mass is 661 g/mol. The van der Waals surface area contributed by atoms with Gasteiger partial charge in [0.05, 0.1) is 17.2 Å². The van der Waals surface area contributed by atoms with Crippen LogP contribution in [0.2, 0.25) is 5.02 Å². The van der Waals surface area contributed by atoms with Crippen LogP contribution in [-0.4, -0.2) is 50.4 Å². The minimum atomic E-state index is -4.24. The number of halogens is 1. The Morgan fingerprint density at radius 1 is 0.870 bits per heavy atom. The first-order chi connectivity index (χ1) is 22.0. The van der Waals surface area contributed by atoms with E-state index in [0.29, 0.717) is 17.4 Å². The lowest BCUT2D eigenvalue weighted by Gasteiger charge is -2.34. The summed E-state index contributed by atoms with van der Waals surface area (Å²) in [7, 11) is -4.24. The van der Waals surface area contributed by atoms with Crippen molar-refractivity contribution in [2.24, 2.45) is 0 Å². The van der Waals surface area contributed by atoms with Gasteiger partial charge in [-0.1, -0.05) is 71.8 Å². The summed E-state index contributed by atoms with van der Waals surface area (Å²) in [4.78, 5) is 29.8. The highest BCUT2D eigenvalue weighted by molar-refractivity contribution is 7.92. The van der Waals surface area contributed by atoms with Crippen molar-refractivity contribution in [2.45, 2.75) is 57.6 Å². The Morgan fingerprint density at radius 2 is 1.52 bits per heavy atom. The van der Waals surface area contributed by atoms with E-state index in [1.807, 2.05) is 82.3 Å². The maximum atomic E-state index is 14.5. The third-order valence-corrected chi connectivity index (χ3v) is 9.29. The Bertz CT molecular complexity index is 1710. The second kappa shape index (κ2) is 15.8. The lowest BCUT2D eigenvalue weighted by molar-refractivity contribution is -0.140. The Balaban J connectivity index is 1.80. The Kier molecular flexibility index (Phi) is 11.8. The van der Waals surface area contributed by atoms with Crippen LogP contribution < -0.4 is 14.4 Å². The maximum Gasteiger partial charge on any atom is 0.264 e. The summed E-state index contributed by atoms with van der Waals surface area (Å²) in [6, 6.07) is 28.4. The van der Waals surface area contributed by atoms with Crippen LogP contribution >= 0.6 is 11.6 Å². The minimum Gasteiger partial charge on any atom is -0.494 e. The van der Waals surface area contributed by atoms with E-state index in [1.165, 1.54) is 29.2 Å². The van der Waals surface area contributed by atoms with Gasteiger partial charge in [-0.3, -0.25) is 13.9 Å². The molecule has 46 heavy (non-hydrogen) atoms. The molecule has 0 saturated heterocycles. The van der Waals surface area contributed by atoms with E-state index in [2.05, 4.69) is 5.32 Å². The minimum absolute atomic E-state index is 0.0257. The summed E-state index contributed by atoms with van der Waals surface area (Å²) in [5.41, 5.74) is 2.95. The number of benzene rings is 4. The van der Waals surface area contributed by atoms with Crippen molar-refractivity contribution in [3.05, 3.63) is 125 Å². The second-order valence-electron chi connectivity index (χ2n) is 11.3. The van der Waals surface area contributed by atoms with E-state index in [0.717, 1.165) is 21.0 Å². The number of ether oxygens (including phenoxy) is 1. The topological polar surface area (TPSA) is 96.0 Å². The normalized spacial score (nSPS) is 12.0. The summed E-state index contributed by atoms with van der Waals surface area (Å²) >= 11 is 6.07. The molecule has 242 valence electrons. The van der Waals surface area contributed by atoms with Crippen LogP contribution in [0.5, 0.6) is 5.75 Å². The van der Waals surface area contributed by atoms with Gasteiger partial charge in [-0.05, 0) is 87.4 Å². The number of nitrogens with one attached hydrogen (secondary N) is 1. The van der Waals surface area contributed by atoms with Crippen molar-refractivity contribution in [2.75, 3.05) is 17.5 Å². The van der Waals surface area contributed by atoms with Crippen LogP contribution in [0.4, 0.5) is 5.69 Å². The van der Waals surface area contributed by atoms with Gasteiger partial charge in [0.25, 0.3) is 10.0 Å². The molecule has 0 fully saturated rings. The molecular weight excluding hydrogens is 622 g/mol. The second-order valence-corrected chi connectivity index (χ2v) is 13.6. The number of rotatable bonds is 14. The van der Waals surface area contributed by atoms with E-state index in [-0.39, 0.29) is 35.5 Å². The summed E-state index contributed by atoms with van der Waals surface area (Å²) in [5, 5.41) is 3.35. The Hall–Kier alpha value is -4.34. The van der Waals surface area contributed by atoms with E-state index in [4.69, 9.17) is 16.3 Å². The first-order valence-electron chi connectivity index (χ1n) is 15.2. The average molecular weight is 662 g/mol. The third-order valence-electron chi connectivity index (χ3n) is 7.25. The molecule has 0 spiro atoms. The van der Waals surface area contributed by atoms with Crippen molar-refractivity contribution in [3.63, 3.8) is 0 Å². The molecule has 0 heterocycles. The van der Waals surface area contributed by atoms with E-state index in [1.54, 1.807) is 24.3 Å². The fourth-order valence-electron chi connectivity index (χ4n) is 5.08. The molecule has 0 aromatic heterocycles. The molecule has 4 rings (SSSR count).